The highest BCUT2D eigenvalue weighted by atomic mass is 16.1. The molecule has 3 nitrogen and oxygen atoms in total. The van der Waals surface area contributed by atoms with E-state index in [-0.39, 0.29) is 11.9 Å². The molecule has 0 saturated carbocycles. The van der Waals surface area contributed by atoms with Crippen LogP contribution in [0, 0.1) is 0 Å². The highest BCUT2D eigenvalue weighted by Crippen LogP contribution is 2.22. The van der Waals surface area contributed by atoms with Crippen LogP contribution < -0.4 is 5.73 Å². The van der Waals surface area contributed by atoms with Gasteiger partial charge in [-0.25, -0.2) is 0 Å². The van der Waals surface area contributed by atoms with E-state index in [2.05, 4.69) is 24.0 Å². The fourth-order valence-corrected chi connectivity index (χ4v) is 2.19. The van der Waals surface area contributed by atoms with Crippen LogP contribution in [0.5, 0.6) is 0 Å². The van der Waals surface area contributed by atoms with E-state index in [1.165, 1.54) is 11.1 Å². The highest BCUT2D eigenvalue weighted by molar-refractivity contribution is 5.80. The molecule has 1 aliphatic heterocycles. The standard InChI is InChI=1S/C12H16N2O/c1-2-14-8-10-6-4-3-5-9(10)7-11(14)12(13)15/h3-6,11H,2,7-8H2,1H3,(H2,13,15)/t11-/m0/s1. The van der Waals surface area contributed by atoms with E-state index < -0.39 is 0 Å². The van der Waals surface area contributed by atoms with Gasteiger partial charge in [-0.2, -0.15) is 0 Å². The number of rotatable bonds is 2. The molecule has 1 aromatic carbocycles. The topological polar surface area (TPSA) is 46.3 Å². The zero-order valence-electron chi connectivity index (χ0n) is 8.94. The summed E-state index contributed by atoms with van der Waals surface area (Å²) in [5, 5.41) is 0. The lowest BCUT2D eigenvalue weighted by molar-refractivity contribution is -0.123. The van der Waals surface area contributed by atoms with Gasteiger partial charge in [0.15, 0.2) is 0 Å². The molecule has 0 bridgehead atoms. The van der Waals surface area contributed by atoms with Gasteiger partial charge in [-0.15, -0.1) is 0 Å². The maximum absolute atomic E-state index is 11.3. The number of likely N-dealkylation sites (N-methyl/N-ethyl adjacent to an activating group) is 1. The van der Waals surface area contributed by atoms with Crippen LogP contribution in [0.4, 0.5) is 0 Å². The summed E-state index contributed by atoms with van der Waals surface area (Å²) in [4.78, 5) is 13.4. The minimum atomic E-state index is -0.216. The molecule has 0 spiro atoms. The number of nitrogens with zero attached hydrogens (tertiary/aromatic N) is 1. The van der Waals surface area contributed by atoms with Gasteiger partial charge >= 0.3 is 0 Å². The van der Waals surface area contributed by atoms with Gasteiger partial charge < -0.3 is 5.73 Å². The van der Waals surface area contributed by atoms with E-state index in [0.717, 1.165) is 19.5 Å². The average molecular weight is 204 g/mol. The number of fused-ring (bicyclic) bond motifs is 1. The van der Waals surface area contributed by atoms with E-state index >= 15 is 0 Å². The van der Waals surface area contributed by atoms with Crippen LogP contribution in [0.1, 0.15) is 18.1 Å². The van der Waals surface area contributed by atoms with Crippen LogP contribution in [-0.4, -0.2) is 23.4 Å². The molecule has 0 aliphatic carbocycles. The van der Waals surface area contributed by atoms with E-state index in [1.54, 1.807) is 0 Å². The van der Waals surface area contributed by atoms with Crippen molar-refractivity contribution in [2.75, 3.05) is 6.54 Å². The maximum Gasteiger partial charge on any atom is 0.235 e. The number of amides is 1. The number of benzene rings is 1. The summed E-state index contributed by atoms with van der Waals surface area (Å²) < 4.78 is 0. The molecular formula is C12H16N2O. The summed E-state index contributed by atoms with van der Waals surface area (Å²) in [5.74, 6) is -0.216. The first-order valence-corrected chi connectivity index (χ1v) is 5.32. The molecule has 15 heavy (non-hydrogen) atoms. The first kappa shape index (κ1) is 10.2. The lowest BCUT2D eigenvalue weighted by Gasteiger charge is -2.34. The molecule has 2 rings (SSSR count). The molecule has 1 heterocycles. The predicted molar refractivity (Wildman–Crippen MR) is 59.2 cm³/mol. The van der Waals surface area contributed by atoms with E-state index in [1.807, 2.05) is 12.1 Å². The van der Waals surface area contributed by atoms with Crippen molar-refractivity contribution in [2.24, 2.45) is 5.73 Å². The second kappa shape index (κ2) is 4.03. The molecule has 3 heteroatoms. The van der Waals surface area contributed by atoms with Gasteiger partial charge in [0, 0.05) is 6.54 Å². The second-order valence-corrected chi connectivity index (χ2v) is 3.95. The largest absolute Gasteiger partial charge is 0.368 e. The molecule has 1 atom stereocenters. The molecule has 0 unspecified atom stereocenters. The summed E-state index contributed by atoms with van der Waals surface area (Å²) in [6.07, 6.45) is 0.749. The van der Waals surface area contributed by atoms with Gasteiger partial charge in [0.05, 0.1) is 6.04 Å². The number of carbonyl (C=O) groups excluding carboxylic acids is 1. The number of carbonyl (C=O) groups is 1. The minimum absolute atomic E-state index is 0.134. The second-order valence-electron chi connectivity index (χ2n) is 3.95. The van der Waals surface area contributed by atoms with Crippen LogP contribution >= 0.6 is 0 Å². The Morgan fingerprint density at radius 1 is 1.47 bits per heavy atom. The van der Waals surface area contributed by atoms with Crippen molar-refractivity contribution in [3.63, 3.8) is 0 Å². The van der Waals surface area contributed by atoms with Crippen molar-refractivity contribution in [2.45, 2.75) is 25.9 Å². The predicted octanol–water partition coefficient (Wildman–Crippen LogP) is 0.918. The Morgan fingerprint density at radius 3 is 2.73 bits per heavy atom. The van der Waals surface area contributed by atoms with E-state index in [4.69, 9.17) is 5.73 Å². The van der Waals surface area contributed by atoms with Crippen molar-refractivity contribution in [1.29, 1.82) is 0 Å². The van der Waals surface area contributed by atoms with Crippen LogP contribution in [0.2, 0.25) is 0 Å². The van der Waals surface area contributed by atoms with Gasteiger partial charge in [-0.1, -0.05) is 31.2 Å². The number of hydrogen-bond acceptors (Lipinski definition) is 2. The molecule has 80 valence electrons. The van der Waals surface area contributed by atoms with Crippen LogP contribution in [0.25, 0.3) is 0 Å². The molecule has 0 radical (unpaired) electrons. The number of primary amides is 1. The Morgan fingerprint density at radius 2 is 2.13 bits per heavy atom. The van der Waals surface area contributed by atoms with Crippen LogP contribution in [0.3, 0.4) is 0 Å². The monoisotopic (exact) mass is 204 g/mol. The van der Waals surface area contributed by atoms with Crippen LogP contribution in [-0.2, 0) is 17.8 Å². The van der Waals surface area contributed by atoms with Gasteiger partial charge in [0.25, 0.3) is 0 Å². The van der Waals surface area contributed by atoms with E-state index in [9.17, 15) is 4.79 Å². The lowest BCUT2D eigenvalue weighted by atomic mass is 9.94. The van der Waals surface area contributed by atoms with Gasteiger partial charge in [0.1, 0.15) is 0 Å². The molecule has 1 aliphatic rings. The fourth-order valence-electron chi connectivity index (χ4n) is 2.19. The first-order valence-electron chi connectivity index (χ1n) is 5.32. The summed E-state index contributed by atoms with van der Waals surface area (Å²) in [7, 11) is 0. The highest BCUT2D eigenvalue weighted by Gasteiger charge is 2.28. The summed E-state index contributed by atoms with van der Waals surface area (Å²) >= 11 is 0. The Kier molecular flexibility index (Phi) is 2.73. The summed E-state index contributed by atoms with van der Waals surface area (Å²) in [6.45, 7) is 3.76. The lowest BCUT2D eigenvalue weighted by Crippen LogP contribution is -2.48. The summed E-state index contributed by atoms with van der Waals surface area (Å²) in [6, 6.07) is 8.12. The quantitative estimate of drug-likeness (QED) is 0.778. The van der Waals surface area contributed by atoms with Gasteiger partial charge in [-0.3, -0.25) is 9.69 Å². The third kappa shape index (κ3) is 1.88. The first-order chi connectivity index (χ1) is 7.22. The smallest absolute Gasteiger partial charge is 0.235 e. The van der Waals surface area contributed by atoms with Gasteiger partial charge in [-0.05, 0) is 24.1 Å². The molecule has 1 aromatic rings. The van der Waals surface area contributed by atoms with Crippen molar-refractivity contribution in [3.8, 4) is 0 Å². The van der Waals surface area contributed by atoms with Crippen molar-refractivity contribution in [3.05, 3.63) is 35.4 Å². The van der Waals surface area contributed by atoms with Crippen molar-refractivity contribution in [1.82, 2.24) is 4.90 Å². The maximum atomic E-state index is 11.3. The average Bonchev–Trinajstić information content (AvgIpc) is 2.27. The summed E-state index contributed by atoms with van der Waals surface area (Å²) in [5.41, 5.74) is 7.98. The molecular weight excluding hydrogens is 188 g/mol. The Labute approximate surface area is 89.9 Å². The molecule has 1 amide bonds. The SMILES string of the molecule is CCN1Cc2ccccc2C[C@H]1C(N)=O. The number of nitrogens with two attached hydrogens (primary N) is 1. The molecule has 2 N–H and O–H groups in total. The van der Waals surface area contributed by atoms with E-state index in [0.29, 0.717) is 0 Å². The zero-order chi connectivity index (χ0) is 10.8. The van der Waals surface area contributed by atoms with Crippen molar-refractivity contribution < 1.29 is 4.79 Å². The molecule has 0 aromatic heterocycles. The third-order valence-electron chi connectivity index (χ3n) is 3.08. The minimum Gasteiger partial charge on any atom is -0.368 e. The Bertz CT molecular complexity index is 376. The Hall–Kier alpha value is -1.35. The third-order valence-corrected chi connectivity index (χ3v) is 3.08. The number of hydrogen-bond donors (Lipinski definition) is 1. The van der Waals surface area contributed by atoms with Gasteiger partial charge in [0.2, 0.25) is 5.91 Å². The fraction of sp³-hybridized carbons (Fsp3) is 0.417. The normalized spacial score (nSPS) is 21.0. The van der Waals surface area contributed by atoms with Crippen molar-refractivity contribution >= 4 is 5.91 Å². The molecule has 0 fully saturated rings. The molecule has 0 saturated heterocycles. The Balaban J connectivity index is 2.30. The van der Waals surface area contributed by atoms with Crippen LogP contribution in [0.15, 0.2) is 24.3 Å². The zero-order valence-corrected chi connectivity index (χ0v) is 8.94.